The molecule has 7 aromatic rings. The quantitative estimate of drug-likeness (QED) is 0.132. The topological polar surface area (TPSA) is 71.8 Å². The molecule has 0 fully saturated rings. The number of ketones is 2. The van der Waals surface area contributed by atoms with E-state index in [2.05, 4.69) is 49.3 Å². The van der Waals surface area contributed by atoms with Crippen molar-refractivity contribution in [3.8, 4) is 0 Å². The molecule has 0 unspecified atom stereocenters. The molecule has 1 aromatic heterocycles. The Bertz CT molecular complexity index is 2040. The molecule has 0 saturated heterocycles. The summed E-state index contributed by atoms with van der Waals surface area (Å²) in [7, 11) is 0. The van der Waals surface area contributed by atoms with Crippen LogP contribution in [0.3, 0.4) is 0 Å². The van der Waals surface area contributed by atoms with Gasteiger partial charge in [-0.1, -0.05) is 66.7 Å². The van der Waals surface area contributed by atoms with Crippen LogP contribution in [0.2, 0.25) is 0 Å². The number of carbonyl (C=O) groups excluding carboxylic acids is 2. The van der Waals surface area contributed by atoms with Crippen LogP contribution in [0.5, 0.6) is 0 Å². The SMILES string of the molecule is Cl.O=C(c1ccccc1)c1cccc(C(=O)c2ccccc2)n1.c1ccc2c([N]=[Fe]=[N]c3cccc4ccccc34)cccc2c1. The van der Waals surface area contributed by atoms with Crippen LogP contribution >= 0.6 is 12.4 Å². The van der Waals surface area contributed by atoms with E-state index in [9.17, 15) is 9.59 Å². The Hall–Kier alpha value is -5.26. The number of pyridine rings is 1. The number of hydrogen-bond acceptors (Lipinski definition) is 5. The number of aromatic nitrogens is 1. The summed E-state index contributed by atoms with van der Waals surface area (Å²) in [4.78, 5) is 29.0. The Morgan fingerprint density at radius 3 is 1.26 bits per heavy atom. The van der Waals surface area contributed by atoms with Gasteiger partial charge in [0.1, 0.15) is 11.4 Å². The third-order valence-corrected chi connectivity index (χ3v) is 7.81. The first-order chi connectivity index (χ1) is 22.2. The van der Waals surface area contributed by atoms with E-state index in [-0.39, 0.29) is 35.4 Å². The van der Waals surface area contributed by atoms with Crippen LogP contribution in [0, 0.1) is 0 Å². The molecule has 0 aliphatic heterocycles. The van der Waals surface area contributed by atoms with Crippen molar-refractivity contribution in [1.29, 1.82) is 0 Å². The predicted octanol–water partition coefficient (Wildman–Crippen LogP) is 10.4. The molecular weight excluding hydrogens is 634 g/mol. The van der Waals surface area contributed by atoms with Gasteiger partial charge in [-0.2, -0.15) is 0 Å². The third-order valence-electron chi connectivity index (χ3n) is 7.06. The van der Waals surface area contributed by atoms with Crippen LogP contribution in [0.4, 0.5) is 11.4 Å². The second-order valence-electron chi connectivity index (χ2n) is 10.0. The summed E-state index contributed by atoms with van der Waals surface area (Å²) in [6.07, 6.45) is 0. The molecule has 1 heterocycles. The molecule has 0 N–H and O–H groups in total. The maximum absolute atomic E-state index is 12.4. The molecule has 0 atom stereocenters. The van der Waals surface area contributed by atoms with Crippen molar-refractivity contribution in [1.82, 2.24) is 4.98 Å². The van der Waals surface area contributed by atoms with Gasteiger partial charge in [-0.15, -0.1) is 12.4 Å². The van der Waals surface area contributed by atoms with Crippen LogP contribution in [0.1, 0.15) is 32.1 Å². The van der Waals surface area contributed by atoms with Crippen LogP contribution in [-0.4, -0.2) is 16.6 Å². The number of halogens is 1. The van der Waals surface area contributed by atoms with E-state index >= 15 is 0 Å². The molecule has 0 spiro atoms. The van der Waals surface area contributed by atoms with E-state index in [0.717, 1.165) is 11.4 Å². The fraction of sp³-hybridized carbons (Fsp3) is 0. The second kappa shape index (κ2) is 15.6. The molecule has 226 valence electrons. The van der Waals surface area contributed by atoms with E-state index < -0.39 is 0 Å². The molecule has 0 radical (unpaired) electrons. The van der Waals surface area contributed by atoms with Gasteiger partial charge in [0.2, 0.25) is 11.6 Å². The molecular formula is C39H28ClFeN3O2. The van der Waals surface area contributed by atoms with E-state index in [4.69, 9.17) is 0 Å². The van der Waals surface area contributed by atoms with E-state index in [1.165, 1.54) is 21.5 Å². The summed E-state index contributed by atoms with van der Waals surface area (Å²) in [6, 6.07) is 51.7. The Balaban J connectivity index is 0.000000178. The summed E-state index contributed by atoms with van der Waals surface area (Å²) < 4.78 is 9.34. The van der Waals surface area contributed by atoms with Crippen LogP contribution in [0.15, 0.2) is 172 Å². The molecule has 6 aromatic carbocycles. The average molecular weight is 662 g/mol. The van der Waals surface area contributed by atoms with Crippen molar-refractivity contribution in [2.45, 2.75) is 0 Å². The number of fused-ring (bicyclic) bond motifs is 2. The van der Waals surface area contributed by atoms with Crippen molar-refractivity contribution < 1.29 is 24.2 Å². The van der Waals surface area contributed by atoms with Gasteiger partial charge < -0.3 is 0 Å². The summed E-state index contributed by atoms with van der Waals surface area (Å²) >= 11 is 0.433. The Morgan fingerprint density at radius 2 is 0.804 bits per heavy atom. The van der Waals surface area contributed by atoms with Crippen molar-refractivity contribution in [3.63, 3.8) is 0 Å². The average Bonchev–Trinajstić information content (AvgIpc) is 3.12. The monoisotopic (exact) mass is 661 g/mol. The number of hydrogen-bond donors (Lipinski definition) is 0. The van der Waals surface area contributed by atoms with E-state index in [1.54, 1.807) is 66.7 Å². The molecule has 5 nitrogen and oxygen atoms in total. The van der Waals surface area contributed by atoms with Crippen molar-refractivity contribution in [2.75, 3.05) is 0 Å². The fourth-order valence-electron chi connectivity index (χ4n) is 4.81. The number of rotatable bonds is 6. The van der Waals surface area contributed by atoms with Gasteiger partial charge in [0.15, 0.2) is 0 Å². The first kappa shape index (κ1) is 32.1. The Kier molecular flexibility index (Phi) is 10.9. The van der Waals surface area contributed by atoms with Crippen LogP contribution < -0.4 is 0 Å². The van der Waals surface area contributed by atoms with Gasteiger partial charge in [-0.25, -0.2) is 4.98 Å². The minimum absolute atomic E-state index is 0. The van der Waals surface area contributed by atoms with Gasteiger partial charge in [0.05, 0.1) is 0 Å². The van der Waals surface area contributed by atoms with E-state index in [1.807, 2.05) is 60.7 Å². The van der Waals surface area contributed by atoms with Crippen molar-refractivity contribution >= 4 is 56.9 Å². The Morgan fingerprint density at radius 1 is 0.435 bits per heavy atom. The number of nitrogens with zero attached hydrogens (tertiary/aromatic N) is 3. The molecule has 0 aliphatic carbocycles. The third kappa shape index (κ3) is 7.68. The fourth-order valence-corrected chi connectivity index (χ4v) is 5.53. The van der Waals surface area contributed by atoms with Crippen molar-refractivity contribution in [2.24, 2.45) is 7.92 Å². The zero-order valence-electron chi connectivity index (χ0n) is 24.5. The van der Waals surface area contributed by atoms with Crippen molar-refractivity contribution in [3.05, 3.63) is 186 Å². The normalized spacial score (nSPS) is 10.3. The van der Waals surface area contributed by atoms with Gasteiger partial charge in [-0.3, -0.25) is 9.59 Å². The number of carbonyl (C=O) groups is 2. The minimum atomic E-state index is -0.191. The molecule has 7 heteroatoms. The first-order valence-corrected chi connectivity index (χ1v) is 15.3. The molecule has 0 aliphatic rings. The van der Waals surface area contributed by atoms with E-state index in [0.29, 0.717) is 25.7 Å². The summed E-state index contributed by atoms with van der Waals surface area (Å²) in [5, 5.41) is 4.75. The van der Waals surface area contributed by atoms with Gasteiger partial charge in [-0.05, 0) is 12.1 Å². The molecule has 7 rings (SSSR count). The van der Waals surface area contributed by atoms with Crippen LogP contribution in [0.25, 0.3) is 21.5 Å². The first-order valence-electron chi connectivity index (χ1n) is 14.3. The van der Waals surface area contributed by atoms with Gasteiger partial charge >= 0.3 is 140 Å². The molecule has 0 amide bonds. The van der Waals surface area contributed by atoms with Gasteiger partial charge in [0, 0.05) is 11.1 Å². The number of benzene rings is 6. The zero-order valence-corrected chi connectivity index (χ0v) is 26.4. The Labute approximate surface area is 279 Å². The summed E-state index contributed by atoms with van der Waals surface area (Å²) in [5.74, 6) is -0.383. The molecule has 0 bridgehead atoms. The molecule has 46 heavy (non-hydrogen) atoms. The predicted molar refractivity (Wildman–Crippen MR) is 183 cm³/mol. The maximum atomic E-state index is 12.4. The molecule has 0 saturated carbocycles. The summed E-state index contributed by atoms with van der Waals surface area (Å²) in [5.41, 5.74) is 3.64. The van der Waals surface area contributed by atoms with Gasteiger partial charge in [0.25, 0.3) is 0 Å². The summed E-state index contributed by atoms with van der Waals surface area (Å²) in [6.45, 7) is 0. The van der Waals surface area contributed by atoms with Crippen LogP contribution in [-0.2, 0) is 14.6 Å². The standard InChI is InChI=1S/C19H13NO2.2C10H7N.ClH.Fe/c21-18(14-8-3-1-4-9-14)16-12-7-13-17(20-16)19(22)15-10-5-2-6-11-15;2*11-10-7-3-5-8-4-1-2-6-9(8)10;;/h1-13H;2*1-7H;1H;. The zero-order chi connectivity index (χ0) is 30.8. The second-order valence-corrected chi connectivity index (χ2v) is 10.7.